The van der Waals surface area contributed by atoms with Gasteiger partial charge in [0.25, 0.3) is 0 Å². The third-order valence-electron chi connectivity index (χ3n) is 4.19. The van der Waals surface area contributed by atoms with Crippen LogP contribution in [0.3, 0.4) is 0 Å². The summed E-state index contributed by atoms with van der Waals surface area (Å²) < 4.78 is 5.21. The first-order valence-electron chi connectivity index (χ1n) is 8.27. The molecule has 0 spiro atoms. The molecule has 2 N–H and O–H groups in total. The predicted molar refractivity (Wildman–Crippen MR) is 104 cm³/mol. The number of rotatable bonds is 5. The molecule has 1 aliphatic heterocycles. The summed E-state index contributed by atoms with van der Waals surface area (Å²) >= 11 is 5.36. The van der Waals surface area contributed by atoms with Crippen LogP contribution in [-0.2, 0) is 6.54 Å². The summed E-state index contributed by atoms with van der Waals surface area (Å²) in [4.78, 5) is 2.44. The number of methoxy groups -OCH3 is 1. The summed E-state index contributed by atoms with van der Waals surface area (Å²) in [7, 11) is 1.65. The van der Waals surface area contributed by atoms with Gasteiger partial charge in [-0.2, -0.15) is 0 Å². The molecule has 4 nitrogen and oxygen atoms in total. The minimum absolute atomic E-state index is 0.604. The fourth-order valence-electron chi connectivity index (χ4n) is 2.86. The molecule has 0 atom stereocenters. The molecule has 0 radical (unpaired) electrons. The highest BCUT2D eigenvalue weighted by molar-refractivity contribution is 7.80. The number of anilines is 2. The van der Waals surface area contributed by atoms with Gasteiger partial charge in [-0.1, -0.05) is 18.2 Å². The van der Waals surface area contributed by atoms with Crippen LogP contribution in [0.25, 0.3) is 0 Å². The van der Waals surface area contributed by atoms with E-state index >= 15 is 0 Å². The van der Waals surface area contributed by atoms with Crippen LogP contribution in [0, 0.1) is 0 Å². The Labute approximate surface area is 148 Å². The van der Waals surface area contributed by atoms with Gasteiger partial charge < -0.3 is 20.3 Å². The van der Waals surface area contributed by atoms with Crippen molar-refractivity contribution in [1.82, 2.24) is 5.32 Å². The van der Waals surface area contributed by atoms with Gasteiger partial charge in [0.1, 0.15) is 5.75 Å². The molecule has 1 fully saturated rings. The zero-order valence-corrected chi connectivity index (χ0v) is 14.7. The maximum absolute atomic E-state index is 5.36. The van der Waals surface area contributed by atoms with E-state index in [9.17, 15) is 0 Å². The van der Waals surface area contributed by atoms with E-state index < -0.39 is 0 Å². The molecule has 0 aromatic heterocycles. The smallest absolute Gasteiger partial charge is 0.171 e. The Morgan fingerprint density at radius 1 is 1.12 bits per heavy atom. The van der Waals surface area contributed by atoms with Gasteiger partial charge >= 0.3 is 0 Å². The lowest BCUT2D eigenvalue weighted by Crippen LogP contribution is -2.27. The molecule has 0 unspecified atom stereocenters. The van der Waals surface area contributed by atoms with Crippen LogP contribution >= 0.6 is 12.2 Å². The molecule has 1 heterocycles. The Kier molecular flexibility index (Phi) is 5.54. The van der Waals surface area contributed by atoms with Crippen LogP contribution in [0.2, 0.25) is 0 Å². The summed E-state index contributed by atoms with van der Waals surface area (Å²) in [6.45, 7) is 3.05. The maximum Gasteiger partial charge on any atom is 0.171 e. The fraction of sp³-hybridized carbons (Fsp3) is 0.316. The van der Waals surface area contributed by atoms with Crippen molar-refractivity contribution in [3.63, 3.8) is 0 Å². The first-order valence-corrected chi connectivity index (χ1v) is 8.68. The monoisotopic (exact) mass is 341 g/mol. The molecular weight excluding hydrogens is 318 g/mol. The van der Waals surface area contributed by atoms with E-state index in [4.69, 9.17) is 17.0 Å². The Hall–Kier alpha value is -2.27. The van der Waals surface area contributed by atoms with E-state index in [-0.39, 0.29) is 0 Å². The fourth-order valence-corrected chi connectivity index (χ4v) is 3.05. The van der Waals surface area contributed by atoms with Gasteiger partial charge in [0.05, 0.1) is 7.11 Å². The van der Waals surface area contributed by atoms with Crippen molar-refractivity contribution < 1.29 is 4.74 Å². The van der Waals surface area contributed by atoms with Crippen molar-refractivity contribution >= 4 is 28.7 Å². The number of benzene rings is 2. The second-order valence-corrected chi connectivity index (χ2v) is 6.31. The highest BCUT2D eigenvalue weighted by Gasteiger charge is 2.11. The zero-order chi connectivity index (χ0) is 16.8. The molecule has 0 aliphatic carbocycles. The summed E-state index contributed by atoms with van der Waals surface area (Å²) in [5.74, 6) is 0.806. The average molecular weight is 341 g/mol. The Morgan fingerprint density at radius 2 is 1.88 bits per heavy atom. The first-order chi connectivity index (χ1) is 11.7. The summed E-state index contributed by atoms with van der Waals surface area (Å²) in [6.07, 6.45) is 2.60. The number of thiocarbonyl (C=S) groups is 1. The van der Waals surface area contributed by atoms with Crippen molar-refractivity contribution in [3.05, 3.63) is 54.1 Å². The minimum atomic E-state index is 0.604. The van der Waals surface area contributed by atoms with Crippen LogP contribution in [0.1, 0.15) is 18.4 Å². The molecule has 126 valence electrons. The van der Waals surface area contributed by atoms with Crippen LogP contribution in [0.15, 0.2) is 48.5 Å². The number of ether oxygens (including phenoxy) is 1. The molecule has 5 heteroatoms. The Bertz CT molecular complexity index is 681. The summed E-state index contributed by atoms with van der Waals surface area (Å²) in [6, 6.07) is 16.4. The summed E-state index contributed by atoms with van der Waals surface area (Å²) in [5, 5.41) is 7.02. The van der Waals surface area contributed by atoms with Gasteiger partial charge in [0, 0.05) is 37.1 Å². The zero-order valence-electron chi connectivity index (χ0n) is 13.9. The van der Waals surface area contributed by atoms with Crippen molar-refractivity contribution in [3.8, 4) is 5.75 Å². The van der Waals surface area contributed by atoms with Crippen molar-refractivity contribution in [2.24, 2.45) is 0 Å². The maximum atomic E-state index is 5.36. The van der Waals surface area contributed by atoms with E-state index in [0.717, 1.165) is 11.4 Å². The molecule has 24 heavy (non-hydrogen) atoms. The van der Waals surface area contributed by atoms with E-state index in [1.807, 2.05) is 24.3 Å². The van der Waals surface area contributed by atoms with Crippen molar-refractivity contribution in [1.29, 1.82) is 0 Å². The van der Waals surface area contributed by atoms with Crippen LogP contribution in [0.4, 0.5) is 11.4 Å². The largest absolute Gasteiger partial charge is 0.497 e. The van der Waals surface area contributed by atoms with Gasteiger partial charge in [-0.05, 0) is 54.9 Å². The lowest BCUT2D eigenvalue weighted by Gasteiger charge is -2.18. The molecule has 3 rings (SSSR count). The molecule has 0 bridgehead atoms. The average Bonchev–Trinajstić information content (AvgIpc) is 3.15. The molecule has 0 saturated carbocycles. The summed E-state index contributed by atoms with van der Waals surface area (Å²) in [5.41, 5.74) is 3.44. The van der Waals surface area contributed by atoms with E-state index in [0.29, 0.717) is 11.7 Å². The third-order valence-corrected chi connectivity index (χ3v) is 4.43. The SMILES string of the molecule is COc1cccc(NC(=S)NCc2ccc(N3CCCC3)cc2)c1. The van der Waals surface area contributed by atoms with Gasteiger partial charge in [0.2, 0.25) is 0 Å². The van der Waals surface area contributed by atoms with Crippen LogP contribution in [-0.4, -0.2) is 25.3 Å². The topological polar surface area (TPSA) is 36.5 Å². The molecule has 2 aromatic rings. The molecule has 2 aromatic carbocycles. The number of nitrogens with zero attached hydrogens (tertiary/aromatic N) is 1. The van der Waals surface area contributed by atoms with Crippen LogP contribution < -0.4 is 20.3 Å². The third kappa shape index (κ3) is 4.38. The number of hydrogen-bond acceptors (Lipinski definition) is 3. The van der Waals surface area contributed by atoms with E-state index in [1.165, 1.54) is 37.2 Å². The predicted octanol–water partition coefficient (Wildman–Crippen LogP) is 3.78. The highest BCUT2D eigenvalue weighted by atomic mass is 32.1. The van der Waals surface area contributed by atoms with Crippen molar-refractivity contribution in [2.45, 2.75) is 19.4 Å². The van der Waals surface area contributed by atoms with E-state index in [2.05, 4.69) is 39.8 Å². The number of hydrogen-bond donors (Lipinski definition) is 2. The Balaban J connectivity index is 1.50. The molecule has 1 saturated heterocycles. The van der Waals surface area contributed by atoms with Gasteiger partial charge in [-0.25, -0.2) is 0 Å². The second-order valence-electron chi connectivity index (χ2n) is 5.90. The van der Waals surface area contributed by atoms with Crippen molar-refractivity contribution in [2.75, 3.05) is 30.4 Å². The number of nitrogens with one attached hydrogen (secondary N) is 2. The van der Waals surface area contributed by atoms with Gasteiger partial charge in [0.15, 0.2) is 5.11 Å². The standard InChI is InChI=1S/C19H23N3OS/c1-23-18-6-4-5-16(13-18)21-19(24)20-14-15-7-9-17(10-8-15)22-11-2-3-12-22/h4-10,13H,2-3,11-12,14H2,1H3,(H2,20,21,24). The normalized spacial score (nSPS) is 13.6. The van der Waals surface area contributed by atoms with Gasteiger partial charge in [-0.15, -0.1) is 0 Å². The second kappa shape index (κ2) is 8.02. The van der Waals surface area contributed by atoms with Crippen LogP contribution in [0.5, 0.6) is 5.75 Å². The minimum Gasteiger partial charge on any atom is -0.497 e. The lowest BCUT2D eigenvalue weighted by atomic mass is 10.2. The first kappa shape index (κ1) is 16.6. The molecule has 0 amide bonds. The van der Waals surface area contributed by atoms with E-state index in [1.54, 1.807) is 7.11 Å². The quantitative estimate of drug-likeness (QED) is 0.810. The lowest BCUT2D eigenvalue weighted by molar-refractivity contribution is 0.415. The van der Waals surface area contributed by atoms with Gasteiger partial charge in [-0.3, -0.25) is 0 Å². The molecule has 1 aliphatic rings. The Morgan fingerprint density at radius 3 is 2.58 bits per heavy atom. The molecular formula is C19H23N3OS. The highest BCUT2D eigenvalue weighted by Crippen LogP contribution is 2.20.